The third-order valence-electron chi connectivity index (χ3n) is 4.88. The third-order valence-corrected chi connectivity index (χ3v) is 5.78. The van der Waals surface area contributed by atoms with Crippen LogP contribution < -0.4 is 15.0 Å². The molecule has 1 N–H and O–H groups in total. The summed E-state index contributed by atoms with van der Waals surface area (Å²) < 4.78 is 11.6. The van der Waals surface area contributed by atoms with Crippen LogP contribution in [0.15, 0.2) is 34.4 Å². The highest BCUT2D eigenvalue weighted by Crippen LogP contribution is 2.39. The van der Waals surface area contributed by atoms with E-state index in [2.05, 4.69) is 14.9 Å². The van der Waals surface area contributed by atoms with Gasteiger partial charge in [-0.3, -0.25) is 9.69 Å². The highest BCUT2D eigenvalue weighted by atomic mass is 32.1. The van der Waals surface area contributed by atoms with E-state index in [0.29, 0.717) is 17.1 Å². The Morgan fingerprint density at radius 2 is 2.19 bits per heavy atom. The molecule has 0 amide bonds. The van der Waals surface area contributed by atoms with Gasteiger partial charge in [-0.25, -0.2) is 4.98 Å². The number of thiophene rings is 1. The molecule has 136 valence electrons. The van der Waals surface area contributed by atoms with E-state index in [1.165, 1.54) is 11.3 Å². The predicted octanol–water partition coefficient (Wildman–Crippen LogP) is 3.34. The topological polar surface area (TPSA) is 67.5 Å². The average Bonchev–Trinajstić information content (AvgIpc) is 3.30. The molecule has 0 spiro atoms. The SMILES string of the molecule is COc1ccc(OC)c([C@H]2CCCN2Cc2nc3ccsc3c(=O)[nH]2)c1. The van der Waals surface area contributed by atoms with Crippen molar-refractivity contribution < 1.29 is 9.47 Å². The van der Waals surface area contributed by atoms with Gasteiger partial charge >= 0.3 is 0 Å². The van der Waals surface area contributed by atoms with Gasteiger partial charge in [-0.2, -0.15) is 0 Å². The Morgan fingerprint density at radius 3 is 3.00 bits per heavy atom. The van der Waals surface area contributed by atoms with Crippen molar-refractivity contribution in [2.75, 3.05) is 20.8 Å². The zero-order valence-corrected chi connectivity index (χ0v) is 15.6. The van der Waals surface area contributed by atoms with Crippen LogP contribution >= 0.6 is 11.3 Å². The summed E-state index contributed by atoms with van der Waals surface area (Å²) in [6.45, 7) is 1.56. The van der Waals surface area contributed by atoms with Crippen molar-refractivity contribution in [2.45, 2.75) is 25.4 Å². The molecule has 2 aromatic heterocycles. The maximum Gasteiger partial charge on any atom is 0.268 e. The first kappa shape index (κ1) is 17.1. The van der Waals surface area contributed by atoms with Gasteiger partial charge in [0.2, 0.25) is 0 Å². The fraction of sp³-hybridized carbons (Fsp3) is 0.368. The standard InChI is InChI=1S/C19H21N3O3S/c1-24-12-5-6-16(25-2)13(10-12)15-4-3-8-22(15)11-17-20-14-7-9-26-18(14)19(23)21-17/h5-7,9-10,15H,3-4,8,11H2,1-2H3,(H,20,21,23)/t15-/m1/s1. The minimum atomic E-state index is -0.0605. The average molecular weight is 371 g/mol. The number of methoxy groups -OCH3 is 2. The van der Waals surface area contributed by atoms with Crippen molar-refractivity contribution in [1.82, 2.24) is 14.9 Å². The van der Waals surface area contributed by atoms with E-state index in [4.69, 9.17) is 9.47 Å². The lowest BCUT2D eigenvalue weighted by atomic mass is 10.0. The second-order valence-corrected chi connectivity index (χ2v) is 7.30. The maximum absolute atomic E-state index is 12.2. The number of aromatic amines is 1. The Balaban J connectivity index is 1.65. The lowest BCUT2D eigenvalue weighted by molar-refractivity contribution is 0.236. The van der Waals surface area contributed by atoms with Crippen LogP contribution in [-0.4, -0.2) is 35.6 Å². The zero-order valence-electron chi connectivity index (χ0n) is 14.8. The Hall–Kier alpha value is -2.38. The summed E-state index contributed by atoms with van der Waals surface area (Å²) in [6.07, 6.45) is 2.13. The molecule has 1 saturated heterocycles. The quantitative estimate of drug-likeness (QED) is 0.745. The van der Waals surface area contributed by atoms with Crippen molar-refractivity contribution in [3.63, 3.8) is 0 Å². The van der Waals surface area contributed by atoms with Gasteiger partial charge in [0.15, 0.2) is 0 Å². The maximum atomic E-state index is 12.2. The largest absolute Gasteiger partial charge is 0.497 e. The molecular formula is C19H21N3O3S. The summed E-state index contributed by atoms with van der Waals surface area (Å²) in [5.74, 6) is 2.38. The first-order valence-corrected chi connectivity index (χ1v) is 9.50. The molecule has 7 heteroatoms. The molecule has 1 aliphatic heterocycles. The second-order valence-electron chi connectivity index (χ2n) is 6.38. The highest BCUT2D eigenvalue weighted by Gasteiger charge is 2.29. The molecule has 1 atom stereocenters. The van der Waals surface area contributed by atoms with Crippen LogP contribution in [0, 0.1) is 0 Å². The Kier molecular flexibility index (Phi) is 4.65. The monoisotopic (exact) mass is 371 g/mol. The molecule has 3 heterocycles. The van der Waals surface area contributed by atoms with Crippen molar-refractivity contribution in [1.29, 1.82) is 0 Å². The van der Waals surface area contributed by atoms with E-state index >= 15 is 0 Å². The van der Waals surface area contributed by atoms with E-state index in [9.17, 15) is 4.79 Å². The normalized spacial score (nSPS) is 17.7. The van der Waals surface area contributed by atoms with Gasteiger partial charge in [0.25, 0.3) is 5.56 Å². The van der Waals surface area contributed by atoms with Crippen LogP contribution in [-0.2, 0) is 6.54 Å². The molecule has 1 fully saturated rings. The second kappa shape index (κ2) is 7.09. The highest BCUT2D eigenvalue weighted by molar-refractivity contribution is 7.17. The van der Waals surface area contributed by atoms with E-state index < -0.39 is 0 Å². The third kappa shape index (κ3) is 3.08. The molecule has 0 radical (unpaired) electrons. The zero-order chi connectivity index (χ0) is 18.1. The van der Waals surface area contributed by atoms with Crippen LogP contribution in [0.1, 0.15) is 30.3 Å². The molecule has 0 bridgehead atoms. The van der Waals surface area contributed by atoms with Crippen LogP contribution in [0.2, 0.25) is 0 Å². The van der Waals surface area contributed by atoms with Gasteiger partial charge < -0.3 is 14.5 Å². The molecule has 1 aliphatic rings. The molecule has 0 saturated carbocycles. The summed E-state index contributed by atoms with van der Waals surface area (Å²) in [4.78, 5) is 22.1. The van der Waals surface area contributed by atoms with Gasteiger partial charge in [0, 0.05) is 11.6 Å². The summed E-state index contributed by atoms with van der Waals surface area (Å²) in [6, 6.07) is 8.00. The fourth-order valence-corrected chi connectivity index (χ4v) is 4.38. The number of hydrogen-bond donors (Lipinski definition) is 1. The van der Waals surface area contributed by atoms with E-state index in [-0.39, 0.29) is 11.6 Å². The van der Waals surface area contributed by atoms with Gasteiger partial charge in [0.1, 0.15) is 22.0 Å². The number of nitrogens with one attached hydrogen (secondary N) is 1. The molecule has 3 aromatic rings. The van der Waals surface area contributed by atoms with E-state index in [1.807, 2.05) is 29.6 Å². The van der Waals surface area contributed by atoms with Crippen molar-refractivity contribution in [2.24, 2.45) is 0 Å². The smallest absolute Gasteiger partial charge is 0.268 e. The van der Waals surface area contributed by atoms with Gasteiger partial charge in [-0.05, 0) is 49.0 Å². The summed E-state index contributed by atoms with van der Waals surface area (Å²) in [7, 11) is 3.36. The number of hydrogen-bond acceptors (Lipinski definition) is 6. The molecular weight excluding hydrogens is 350 g/mol. The number of aromatic nitrogens is 2. The molecule has 26 heavy (non-hydrogen) atoms. The summed E-state index contributed by atoms with van der Waals surface area (Å²) >= 11 is 1.42. The number of fused-ring (bicyclic) bond motifs is 1. The van der Waals surface area contributed by atoms with Crippen molar-refractivity contribution in [3.05, 3.63) is 51.4 Å². The van der Waals surface area contributed by atoms with Crippen LogP contribution in [0.4, 0.5) is 0 Å². The number of H-pyrrole nitrogens is 1. The lowest BCUT2D eigenvalue weighted by Crippen LogP contribution is -2.25. The molecule has 0 aliphatic carbocycles. The summed E-state index contributed by atoms with van der Waals surface area (Å²) in [5.41, 5.74) is 1.82. The van der Waals surface area contributed by atoms with Gasteiger partial charge in [-0.15, -0.1) is 11.3 Å². The molecule has 1 aromatic carbocycles. The van der Waals surface area contributed by atoms with Crippen molar-refractivity contribution >= 4 is 21.6 Å². The van der Waals surface area contributed by atoms with Crippen molar-refractivity contribution in [3.8, 4) is 11.5 Å². The number of rotatable bonds is 5. The number of nitrogens with zero attached hydrogens (tertiary/aromatic N) is 2. The number of ether oxygens (including phenoxy) is 2. The number of benzene rings is 1. The predicted molar refractivity (Wildman–Crippen MR) is 102 cm³/mol. The van der Waals surface area contributed by atoms with Crippen LogP contribution in [0.5, 0.6) is 11.5 Å². The number of likely N-dealkylation sites (tertiary alicyclic amines) is 1. The van der Waals surface area contributed by atoms with Gasteiger partial charge in [0.05, 0.1) is 26.3 Å². The minimum Gasteiger partial charge on any atom is -0.497 e. The lowest BCUT2D eigenvalue weighted by Gasteiger charge is -2.26. The molecule has 4 rings (SSSR count). The Labute approximate surface area is 155 Å². The van der Waals surface area contributed by atoms with Gasteiger partial charge in [-0.1, -0.05) is 0 Å². The van der Waals surface area contributed by atoms with Crippen LogP contribution in [0.3, 0.4) is 0 Å². The summed E-state index contributed by atoms with van der Waals surface area (Å²) in [5, 5.41) is 1.90. The molecule has 6 nitrogen and oxygen atoms in total. The van der Waals surface area contributed by atoms with E-state index in [1.54, 1.807) is 14.2 Å². The Bertz CT molecular complexity index is 982. The van der Waals surface area contributed by atoms with Crippen LogP contribution in [0.25, 0.3) is 10.2 Å². The first-order valence-electron chi connectivity index (χ1n) is 8.62. The minimum absolute atomic E-state index is 0.0605. The van der Waals surface area contributed by atoms with E-state index in [0.717, 1.165) is 42.0 Å². The first-order chi connectivity index (χ1) is 12.7. The molecule has 0 unspecified atom stereocenters. The Morgan fingerprint density at radius 1 is 1.31 bits per heavy atom. The fourth-order valence-electron chi connectivity index (χ4n) is 3.66.